The first-order valence-corrected chi connectivity index (χ1v) is 11.3. The number of hydrogen-bond acceptors (Lipinski definition) is 7. The van der Waals surface area contributed by atoms with Crippen LogP contribution in [-0.2, 0) is 14.4 Å². The molecule has 3 aliphatic heterocycles. The molecule has 0 saturated carbocycles. The third-order valence-corrected chi connectivity index (χ3v) is 7.61. The zero-order chi connectivity index (χ0) is 24.0. The van der Waals surface area contributed by atoms with Gasteiger partial charge in [0.05, 0.1) is 30.2 Å². The van der Waals surface area contributed by atoms with Gasteiger partial charge >= 0.3 is 11.9 Å². The molecule has 1 saturated heterocycles. The highest BCUT2D eigenvalue weighted by molar-refractivity contribution is 8.03. The molecule has 3 aliphatic rings. The van der Waals surface area contributed by atoms with E-state index in [1.807, 2.05) is 6.92 Å². The number of aromatic carboxylic acids is 1. The summed E-state index contributed by atoms with van der Waals surface area (Å²) in [6.45, 7) is 3.68. The average Bonchev–Trinajstić information content (AvgIpc) is 3.30. The van der Waals surface area contributed by atoms with Crippen molar-refractivity contribution in [1.82, 2.24) is 4.90 Å². The summed E-state index contributed by atoms with van der Waals surface area (Å²) in [6, 6.07) is 5.49. The lowest BCUT2D eigenvalue weighted by atomic mass is 9.79. The van der Waals surface area contributed by atoms with Gasteiger partial charge < -0.3 is 25.5 Å². The van der Waals surface area contributed by atoms with Crippen molar-refractivity contribution in [2.45, 2.75) is 37.7 Å². The molecule has 0 spiro atoms. The van der Waals surface area contributed by atoms with Gasteiger partial charge in [-0.1, -0.05) is 13.0 Å². The number of nitrogens with one attached hydrogen (secondary N) is 1. The Labute approximate surface area is 193 Å². The monoisotopic (exact) mass is 473 g/mol. The number of amides is 2. The standard InChI is InChI=1S/C22H23N3O7S/c1-9-16-15(10(2)26)20(28)25(16)17(22(31)32)18(9)33-13-7-14(23-8-13)19(27)24-12-5-3-4-11(6-12)21(29)30/h3-6,9-10,13,15-16,26H,7-8H2,1-2H3,(H,24,27)(H,29,30)(H,31,32)/t9-,10-,13?,15-,16-/m1/s1. The summed E-state index contributed by atoms with van der Waals surface area (Å²) in [5.74, 6) is -4.01. The van der Waals surface area contributed by atoms with Crippen LogP contribution in [0.1, 0.15) is 30.6 Å². The minimum Gasteiger partial charge on any atom is -0.478 e. The van der Waals surface area contributed by atoms with Crippen LogP contribution in [0.25, 0.3) is 0 Å². The lowest BCUT2D eigenvalue weighted by Crippen LogP contribution is -2.63. The van der Waals surface area contributed by atoms with Crippen LogP contribution in [0.4, 0.5) is 5.69 Å². The van der Waals surface area contributed by atoms with Gasteiger partial charge in [-0.25, -0.2) is 9.59 Å². The third kappa shape index (κ3) is 4.02. The highest BCUT2D eigenvalue weighted by Crippen LogP contribution is 2.51. The van der Waals surface area contributed by atoms with Crippen molar-refractivity contribution < 1.29 is 34.5 Å². The van der Waals surface area contributed by atoms with E-state index in [0.717, 1.165) is 0 Å². The summed E-state index contributed by atoms with van der Waals surface area (Å²) in [4.78, 5) is 54.2. The van der Waals surface area contributed by atoms with Crippen LogP contribution in [-0.4, -0.2) is 73.6 Å². The maximum atomic E-state index is 12.6. The normalized spacial score (nSPS) is 27.1. The van der Waals surface area contributed by atoms with E-state index < -0.39 is 35.9 Å². The molecule has 1 unspecified atom stereocenters. The topological polar surface area (TPSA) is 157 Å². The second-order valence-corrected chi connectivity index (χ2v) is 9.69. The Hall–Kier alpha value is -3.18. The molecule has 5 atom stereocenters. The van der Waals surface area contributed by atoms with Crippen molar-refractivity contribution in [3.05, 3.63) is 40.4 Å². The average molecular weight is 474 g/mol. The Kier molecular flexibility index (Phi) is 6.02. The van der Waals surface area contributed by atoms with Crippen molar-refractivity contribution in [1.29, 1.82) is 0 Å². The first-order chi connectivity index (χ1) is 15.6. The molecule has 4 N–H and O–H groups in total. The number of anilines is 1. The van der Waals surface area contributed by atoms with E-state index >= 15 is 0 Å². The van der Waals surface area contributed by atoms with Gasteiger partial charge in [0.15, 0.2) is 0 Å². The summed E-state index contributed by atoms with van der Waals surface area (Å²) in [5, 5.41) is 31.3. The van der Waals surface area contributed by atoms with Crippen molar-refractivity contribution >= 4 is 46.9 Å². The third-order valence-electron chi connectivity index (χ3n) is 6.14. The van der Waals surface area contributed by atoms with E-state index in [4.69, 9.17) is 5.11 Å². The number of aliphatic hydroxyl groups excluding tert-OH is 1. The Bertz CT molecular complexity index is 1110. The summed E-state index contributed by atoms with van der Waals surface area (Å²) in [6.07, 6.45) is -0.568. The van der Waals surface area contributed by atoms with Gasteiger partial charge in [-0.15, -0.1) is 11.8 Å². The fourth-order valence-corrected chi connectivity index (χ4v) is 5.99. The number of fused-ring (bicyclic) bond motifs is 1. The van der Waals surface area contributed by atoms with Crippen LogP contribution >= 0.6 is 11.8 Å². The van der Waals surface area contributed by atoms with Gasteiger partial charge in [0.25, 0.3) is 5.91 Å². The van der Waals surface area contributed by atoms with Crippen LogP contribution < -0.4 is 5.32 Å². The van der Waals surface area contributed by atoms with Crippen molar-refractivity contribution in [3.63, 3.8) is 0 Å². The number of benzene rings is 1. The second kappa shape index (κ2) is 8.64. The fourth-order valence-electron chi connectivity index (χ4n) is 4.59. The lowest BCUT2D eigenvalue weighted by Gasteiger charge is -2.46. The van der Waals surface area contributed by atoms with E-state index in [9.17, 15) is 29.4 Å². The smallest absolute Gasteiger partial charge is 0.353 e. The highest BCUT2D eigenvalue weighted by Gasteiger charge is 2.60. The number of carboxylic acids is 2. The molecule has 10 nitrogen and oxygen atoms in total. The molecule has 1 aromatic rings. The molecule has 1 fully saturated rings. The van der Waals surface area contributed by atoms with E-state index in [1.165, 1.54) is 41.8 Å². The number of nitrogens with zero attached hydrogens (tertiary/aromatic N) is 2. The number of carbonyl (C=O) groups is 4. The SMILES string of the molecule is C[C@@H](O)[C@H]1C(=O)N2C(C(=O)O)=C(SC3CN=C(C(=O)Nc4cccc(C(=O)O)c4)C3)[C@H](C)[C@H]12. The number of carbonyl (C=O) groups excluding carboxylic acids is 2. The predicted molar refractivity (Wildman–Crippen MR) is 120 cm³/mol. The van der Waals surface area contributed by atoms with Gasteiger partial charge in [0, 0.05) is 28.2 Å². The molecule has 0 aromatic heterocycles. The molecule has 4 rings (SSSR count). The lowest BCUT2D eigenvalue weighted by molar-refractivity contribution is -0.163. The van der Waals surface area contributed by atoms with Crippen LogP contribution in [0.3, 0.4) is 0 Å². The molecule has 0 aliphatic carbocycles. The van der Waals surface area contributed by atoms with Crippen LogP contribution in [0.2, 0.25) is 0 Å². The summed E-state index contributed by atoms with van der Waals surface area (Å²) in [7, 11) is 0. The van der Waals surface area contributed by atoms with Gasteiger partial charge in [0.1, 0.15) is 11.4 Å². The van der Waals surface area contributed by atoms with Crippen LogP contribution in [0.15, 0.2) is 39.9 Å². The van der Waals surface area contributed by atoms with E-state index in [-0.39, 0.29) is 34.0 Å². The number of rotatable bonds is 7. The molecule has 2 amide bonds. The number of aliphatic imine (C=N–C) groups is 1. The molecule has 0 bridgehead atoms. The minimum atomic E-state index is -1.19. The van der Waals surface area contributed by atoms with Crippen LogP contribution in [0, 0.1) is 11.8 Å². The molecule has 11 heteroatoms. The second-order valence-electron chi connectivity index (χ2n) is 8.34. The van der Waals surface area contributed by atoms with Gasteiger partial charge in [-0.2, -0.15) is 0 Å². The highest BCUT2D eigenvalue weighted by atomic mass is 32.2. The number of hydrogen-bond donors (Lipinski definition) is 4. The zero-order valence-corrected chi connectivity index (χ0v) is 18.7. The minimum absolute atomic E-state index is 0.0487. The molecule has 3 heterocycles. The first kappa shape index (κ1) is 23.0. The van der Waals surface area contributed by atoms with Crippen molar-refractivity contribution in [2.75, 3.05) is 11.9 Å². The number of β-lactam (4-membered cyclic amide) rings is 1. The summed E-state index contributed by atoms with van der Waals surface area (Å²) >= 11 is 1.31. The number of thioether (sulfide) groups is 1. The Morgan fingerprint density at radius 1 is 1.24 bits per heavy atom. The largest absolute Gasteiger partial charge is 0.478 e. The molecule has 33 heavy (non-hydrogen) atoms. The summed E-state index contributed by atoms with van der Waals surface area (Å²) in [5.41, 5.74) is 0.624. The number of aliphatic hydroxyl groups is 1. The molecule has 0 radical (unpaired) electrons. The van der Waals surface area contributed by atoms with E-state index in [0.29, 0.717) is 23.6 Å². The van der Waals surface area contributed by atoms with E-state index in [2.05, 4.69) is 10.3 Å². The van der Waals surface area contributed by atoms with Crippen molar-refractivity contribution in [3.8, 4) is 0 Å². The Morgan fingerprint density at radius 3 is 2.61 bits per heavy atom. The van der Waals surface area contributed by atoms with Crippen LogP contribution in [0.5, 0.6) is 0 Å². The summed E-state index contributed by atoms with van der Waals surface area (Å²) < 4.78 is 0. The van der Waals surface area contributed by atoms with Crippen molar-refractivity contribution in [2.24, 2.45) is 16.8 Å². The van der Waals surface area contributed by atoms with E-state index in [1.54, 1.807) is 6.07 Å². The number of aliphatic carboxylic acids is 1. The quantitative estimate of drug-likeness (QED) is 0.433. The zero-order valence-electron chi connectivity index (χ0n) is 17.9. The molecular formula is C22H23N3O7S. The predicted octanol–water partition coefficient (Wildman–Crippen LogP) is 1.42. The maximum Gasteiger partial charge on any atom is 0.353 e. The number of carboxylic acid groups (broad SMARTS) is 2. The Balaban J connectivity index is 1.44. The van der Waals surface area contributed by atoms with Gasteiger partial charge in [-0.3, -0.25) is 14.6 Å². The maximum absolute atomic E-state index is 12.6. The van der Waals surface area contributed by atoms with Gasteiger partial charge in [0.2, 0.25) is 5.91 Å². The molecule has 1 aromatic carbocycles. The van der Waals surface area contributed by atoms with Gasteiger partial charge in [-0.05, 0) is 25.1 Å². The molecular weight excluding hydrogens is 450 g/mol. The Morgan fingerprint density at radius 2 is 1.97 bits per heavy atom. The fraction of sp³-hybridized carbons (Fsp3) is 0.409. The molecule has 174 valence electrons. The first-order valence-electron chi connectivity index (χ1n) is 10.4.